The normalized spacial score (nSPS) is 14.0. The third-order valence-corrected chi connectivity index (χ3v) is 4.73. The molecule has 2 amide bonds. The first kappa shape index (κ1) is 15.0. The molecule has 0 aliphatic heterocycles. The second kappa shape index (κ2) is 6.87. The van der Waals surface area contributed by atoms with Crippen molar-refractivity contribution in [3.63, 3.8) is 0 Å². The Morgan fingerprint density at radius 2 is 2.14 bits per heavy atom. The molecule has 6 heteroatoms. The average molecular weight is 319 g/mol. The Balaban J connectivity index is 1.55. The van der Waals surface area contributed by atoms with E-state index in [1.807, 2.05) is 0 Å². The molecule has 0 radical (unpaired) electrons. The smallest absolute Gasteiger partial charge is 0.321 e. The number of hydrogen-bond acceptors (Lipinski definition) is 3. The van der Waals surface area contributed by atoms with Crippen LogP contribution in [0.5, 0.6) is 0 Å². The predicted octanol–water partition coefficient (Wildman–Crippen LogP) is 3.87. The molecule has 4 nitrogen and oxygen atoms in total. The van der Waals surface area contributed by atoms with Crippen LogP contribution in [0.2, 0.25) is 0 Å². The van der Waals surface area contributed by atoms with E-state index in [1.165, 1.54) is 36.3 Å². The maximum absolute atomic E-state index is 13.1. The summed E-state index contributed by atoms with van der Waals surface area (Å²) < 4.78 is 13.1. The third kappa shape index (κ3) is 3.82. The molecule has 0 unspecified atom stereocenters. The van der Waals surface area contributed by atoms with Gasteiger partial charge < -0.3 is 5.32 Å². The van der Waals surface area contributed by atoms with E-state index in [4.69, 9.17) is 0 Å². The molecule has 2 aromatic rings. The molecule has 1 aromatic heterocycles. The fourth-order valence-corrected chi connectivity index (χ4v) is 3.60. The van der Waals surface area contributed by atoms with Gasteiger partial charge in [0.1, 0.15) is 5.82 Å². The zero-order valence-corrected chi connectivity index (χ0v) is 13.0. The van der Waals surface area contributed by atoms with E-state index in [9.17, 15) is 9.18 Å². The van der Waals surface area contributed by atoms with Crippen LogP contribution in [-0.2, 0) is 19.4 Å². The summed E-state index contributed by atoms with van der Waals surface area (Å²) in [6, 6.07) is 5.88. The topological polar surface area (TPSA) is 54.0 Å². The lowest BCUT2D eigenvalue weighted by Gasteiger charge is -2.05. The highest BCUT2D eigenvalue weighted by Gasteiger charge is 2.15. The SMILES string of the molecule is O=C(NCc1cccc(F)c1)Nc1nc2c(s1)CCCCC2. The quantitative estimate of drug-likeness (QED) is 0.844. The standard InChI is InChI=1S/C16H18FN3OS/c17-12-6-4-5-11(9-12)10-18-15(21)20-16-19-13-7-2-1-3-8-14(13)22-16/h4-6,9H,1-3,7-8,10H2,(H2,18,19,20,21). The molecule has 1 heterocycles. The Bertz CT molecular complexity index is 648. The van der Waals surface area contributed by atoms with Gasteiger partial charge >= 0.3 is 6.03 Å². The van der Waals surface area contributed by atoms with Gasteiger partial charge in [-0.05, 0) is 43.4 Å². The lowest BCUT2D eigenvalue weighted by atomic mass is 10.2. The molecule has 116 valence electrons. The zero-order valence-electron chi connectivity index (χ0n) is 12.2. The second-order valence-electron chi connectivity index (χ2n) is 5.39. The Labute approximate surface area is 132 Å². The molecule has 1 aliphatic carbocycles. The number of hydrogen-bond donors (Lipinski definition) is 2. The number of benzene rings is 1. The Morgan fingerprint density at radius 1 is 1.27 bits per heavy atom. The summed E-state index contributed by atoms with van der Waals surface area (Å²) in [6.07, 6.45) is 5.67. The number of nitrogens with zero attached hydrogens (tertiary/aromatic N) is 1. The number of fused-ring (bicyclic) bond motifs is 1. The highest BCUT2D eigenvalue weighted by Crippen LogP contribution is 2.28. The molecule has 0 saturated heterocycles. The summed E-state index contributed by atoms with van der Waals surface area (Å²) in [5.74, 6) is -0.302. The number of aromatic nitrogens is 1. The summed E-state index contributed by atoms with van der Waals surface area (Å²) in [5, 5.41) is 6.13. The van der Waals surface area contributed by atoms with E-state index in [2.05, 4.69) is 15.6 Å². The van der Waals surface area contributed by atoms with Gasteiger partial charge in [0.15, 0.2) is 5.13 Å². The lowest BCUT2D eigenvalue weighted by Crippen LogP contribution is -2.28. The molecular weight excluding hydrogens is 301 g/mol. The molecule has 22 heavy (non-hydrogen) atoms. The van der Waals surface area contributed by atoms with Crippen molar-refractivity contribution in [1.82, 2.24) is 10.3 Å². The number of anilines is 1. The number of aryl methyl sites for hydroxylation is 2. The first-order valence-electron chi connectivity index (χ1n) is 7.48. The predicted molar refractivity (Wildman–Crippen MR) is 85.6 cm³/mol. The monoisotopic (exact) mass is 319 g/mol. The number of halogens is 1. The zero-order chi connectivity index (χ0) is 15.4. The summed E-state index contributed by atoms with van der Waals surface area (Å²) in [4.78, 5) is 17.7. The number of carbonyl (C=O) groups excluding carboxylic acids is 1. The van der Waals surface area contributed by atoms with E-state index in [1.54, 1.807) is 23.5 Å². The van der Waals surface area contributed by atoms with Crippen LogP contribution >= 0.6 is 11.3 Å². The van der Waals surface area contributed by atoms with E-state index in [0.29, 0.717) is 5.13 Å². The number of amides is 2. The van der Waals surface area contributed by atoms with Crippen molar-refractivity contribution in [3.05, 3.63) is 46.2 Å². The average Bonchev–Trinajstić information content (AvgIpc) is 2.74. The summed E-state index contributed by atoms with van der Waals surface area (Å²) in [7, 11) is 0. The second-order valence-corrected chi connectivity index (χ2v) is 6.47. The molecule has 2 N–H and O–H groups in total. The van der Waals surface area contributed by atoms with Crippen molar-refractivity contribution in [3.8, 4) is 0 Å². The lowest BCUT2D eigenvalue weighted by molar-refractivity contribution is 0.251. The highest BCUT2D eigenvalue weighted by atomic mass is 32.1. The van der Waals surface area contributed by atoms with Crippen molar-refractivity contribution in [2.75, 3.05) is 5.32 Å². The number of urea groups is 1. The molecular formula is C16H18FN3OS. The first-order valence-corrected chi connectivity index (χ1v) is 8.30. The molecule has 1 aromatic carbocycles. The molecule has 3 rings (SSSR count). The van der Waals surface area contributed by atoms with Crippen LogP contribution in [0.25, 0.3) is 0 Å². The third-order valence-electron chi connectivity index (χ3n) is 3.66. The summed E-state index contributed by atoms with van der Waals surface area (Å²) in [5.41, 5.74) is 1.85. The largest absolute Gasteiger partial charge is 0.334 e. The molecule has 0 atom stereocenters. The van der Waals surface area contributed by atoms with Gasteiger partial charge in [-0.1, -0.05) is 18.6 Å². The van der Waals surface area contributed by atoms with Crippen LogP contribution in [0.3, 0.4) is 0 Å². The number of rotatable bonds is 3. The summed E-state index contributed by atoms with van der Waals surface area (Å²) in [6.45, 7) is 0.286. The highest BCUT2D eigenvalue weighted by molar-refractivity contribution is 7.15. The van der Waals surface area contributed by atoms with E-state index in [-0.39, 0.29) is 18.4 Å². The van der Waals surface area contributed by atoms with Crippen LogP contribution in [0.15, 0.2) is 24.3 Å². The fourth-order valence-electron chi connectivity index (χ4n) is 2.55. The van der Waals surface area contributed by atoms with E-state index >= 15 is 0 Å². The Morgan fingerprint density at radius 3 is 3.00 bits per heavy atom. The van der Waals surface area contributed by atoms with Crippen LogP contribution in [0.1, 0.15) is 35.4 Å². The van der Waals surface area contributed by atoms with E-state index < -0.39 is 0 Å². The van der Waals surface area contributed by atoms with Gasteiger partial charge in [0, 0.05) is 11.4 Å². The van der Waals surface area contributed by atoms with Gasteiger partial charge in [-0.25, -0.2) is 14.2 Å². The maximum atomic E-state index is 13.1. The van der Waals surface area contributed by atoms with Crippen molar-refractivity contribution in [2.45, 2.75) is 38.6 Å². The first-order chi connectivity index (χ1) is 10.7. The molecule has 0 fully saturated rings. The minimum absolute atomic E-state index is 0.286. The molecule has 0 bridgehead atoms. The van der Waals surface area contributed by atoms with Crippen LogP contribution in [-0.4, -0.2) is 11.0 Å². The number of carbonyl (C=O) groups is 1. The van der Waals surface area contributed by atoms with Crippen molar-refractivity contribution < 1.29 is 9.18 Å². The minimum atomic E-state index is -0.312. The van der Waals surface area contributed by atoms with Gasteiger partial charge in [-0.2, -0.15) is 0 Å². The van der Waals surface area contributed by atoms with Crippen molar-refractivity contribution in [2.24, 2.45) is 0 Å². The van der Waals surface area contributed by atoms with Crippen molar-refractivity contribution in [1.29, 1.82) is 0 Å². The molecule has 0 spiro atoms. The van der Waals surface area contributed by atoms with E-state index in [0.717, 1.165) is 24.1 Å². The van der Waals surface area contributed by atoms with Crippen molar-refractivity contribution >= 4 is 22.5 Å². The van der Waals surface area contributed by atoms with Gasteiger partial charge in [-0.15, -0.1) is 11.3 Å². The Kier molecular flexibility index (Phi) is 4.68. The van der Waals surface area contributed by atoms with Crippen LogP contribution < -0.4 is 10.6 Å². The molecule has 1 aliphatic rings. The van der Waals surface area contributed by atoms with Gasteiger partial charge in [0.2, 0.25) is 0 Å². The van der Waals surface area contributed by atoms with Gasteiger partial charge in [-0.3, -0.25) is 5.32 Å². The summed E-state index contributed by atoms with van der Waals surface area (Å²) >= 11 is 1.56. The fraction of sp³-hybridized carbons (Fsp3) is 0.375. The number of thiazole rings is 1. The number of nitrogens with one attached hydrogen (secondary N) is 2. The minimum Gasteiger partial charge on any atom is -0.334 e. The Hall–Kier alpha value is -1.95. The van der Waals surface area contributed by atoms with Crippen LogP contribution in [0.4, 0.5) is 14.3 Å². The van der Waals surface area contributed by atoms with Gasteiger partial charge in [0.25, 0.3) is 0 Å². The van der Waals surface area contributed by atoms with Crippen LogP contribution in [0, 0.1) is 5.82 Å². The van der Waals surface area contributed by atoms with Gasteiger partial charge in [0.05, 0.1) is 5.69 Å². The molecule has 0 saturated carbocycles. The maximum Gasteiger partial charge on any atom is 0.321 e.